The van der Waals surface area contributed by atoms with Crippen LogP contribution < -0.4 is 0 Å². The first-order valence-corrected chi connectivity index (χ1v) is 4.80. The summed E-state index contributed by atoms with van der Waals surface area (Å²) in [5.41, 5.74) is -0.0489. The number of rotatable bonds is 1. The van der Waals surface area contributed by atoms with E-state index in [-0.39, 0.29) is 11.7 Å². The largest absolute Gasteiger partial charge is 0.361 e. The highest BCUT2D eigenvalue weighted by Crippen LogP contribution is 2.45. The van der Waals surface area contributed by atoms with Gasteiger partial charge in [-0.05, 0) is 29.8 Å². The van der Waals surface area contributed by atoms with Crippen LogP contribution in [0.2, 0.25) is 0 Å². The third kappa shape index (κ3) is 1.76. The number of hydrogen-bond donors (Lipinski definition) is 0. The van der Waals surface area contributed by atoms with Gasteiger partial charge in [-0.2, -0.15) is 0 Å². The van der Waals surface area contributed by atoms with Crippen LogP contribution in [0.25, 0.3) is 0 Å². The monoisotopic (exact) mass is 288 g/mol. The van der Waals surface area contributed by atoms with Gasteiger partial charge in [-0.15, -0.1) is 0 Å². The smallest absolute Gasteiger partial charge is 0.120 e. The fourth-order valence-electron chi connectivity index (χ4n) is 0.726. The highest BCUT2D eigenvalue weighted by atomic mass is 79.9. The third-order valence-electron chi connectivity index (χ3n) is 1.41. The molecule has 0 amide bonds. The minimum atomic E-state index is -0.0489. The topological polar surface area (TPSA) is 12.5 Å². The fraction of sp³-hybridized carbons (Fsp3) is 0.667. The van der Waals surface area contributed by atoms with Crippen LogP contribution in [0, 0.1) is 0 Å². The van der Waals surface area contributed by atoms with Gasteiger partial charge in [0.25, 0.3) is 0 Å². The van der Waals surface area contributed by atoms with Crippen LogP contribution in [0.1, 0.15) is 13.8 Å². The van der Waals surface area contributed by atoms with E-state index in [2.05, 4.69) is 31.9 Å². The molecular formula is C6H7Br2ClO. The molecule has 4 heteroatoms. The standard InChI is InChI=1S/C6H7Br2ClO/c1-6(2)4(10-6)3(7)5(8)9/h4H,1-2H3. The summed E-state index contributed by atoms with van der Waals surface area (Å²) in [6.07, 6.45) is 0.124. The molecular weight excluding hydrogens is 283 g/mol. The Bertz CT molecular complexity index is 184. The molecule has 1 fully saturated rings. The van der Waals surface area contributed by atoms with Crippen molar-refractivity contribution in [3.8, 4) is 0 Å². The molecule has 1 unspecified atom stereocenters. The number of hydrogen-bond acceptors (Lipinski definition) is 1. The second-order valence-electron chi connectivity index (χ2n) is 2.71. The van der Waals surface area contributed by atoms with Gasteiger partial charge in [-0.1, -0.05) is 27.5 Å². The molecule has 0 spiro atoms. The maximum absolute atomic E-state index is 5.66. The second kappa shape index (κ2) is 2.77. The van der Waals surface area contributed by atoms with Crippen molar-refractivity contribution in [2.75, 3.05) is 0 Å². The molecule has 0 saturated carbocycles. The zero-order valence-electron chi connectivity index (χ0n) is 5.62. The molecule has 0 aliphatic carbocycles. The number of epoxide rings is 1. The van der Waals surface area contributed by atoms with E-state index >= 15 is 0 Å². The fourth-order valence-corrected chi connectivity index (χ4v) is 1.68. The lowest BCUT2D eigenvalue weighted by Crippen LogP contribution is -2.02. The molecule has 0 bridgehead atoms. The van der Waals surface area contributed by atoms with Gasteiger partial charge in [0, 0.05) is 0 Å². The Hall–Kier alpha value is 0.950. The quantitative estimate of drug-likeness (QED) is 0.675. The predicted octanol–water partition coefficient (Wildman–Crippen LogP) is 3.36. The van der Waals surface area contributed by atoms with Gasteiger partial charge in [0.1, 0.15) is 6.10 Å². The molecule has 1 heterocycles. The Kier molecular flexibility index (Phi) is 2.51. The van der Waals surface area contributed by atoms with E-state index in [0.717, 1.165) is 4.48 Å². The van der Waals surface area contributed by atoms with E-state index in [0.29, 0.717) is 3.94 Å². The number of halogens is 3. The van der Waals surface area contributed by atoms with Crippen LogP contribution in [0.5, 0.6) is 0 Å². The van der Waals surface area contributed by atoms with Gasteiger partial charge in [0.05, 0.1) is 14.0 Å². The molecule has 1 nitrogen and oxygen atoms in total. The van der Waals surface area contributed by atoms with Crippen molar-refractivity contribution in [1.29, 1.82) is 0 Å². The van der Waals surface area contributed by atoms with Crippen molar-refractivity contribution in [1.82, 2.24) is 0 Å². The SMILES string of the molecule is CC1(C)OC1C(Br)=C(Cl)Br. The molecule has 0 aromatic carbocycles. The molecule has 58 valence electrons. The lowest BCUT2D eigenvalue weighted by molar-refractivity contribution is 0.333. The van der Waals surface area contributed by atoms with Gasteiger partial charge in [-0.25, -0.2) is 0 Å². The van der Waals surface area contributed by atoms with Crippen LogP contribution >= 0.6 is 43.5 Å². The molecule has 0 aromatic rings. The molecule has 1 atom stereocenters. The predicted molar refractivity (Wildman–Crippen MR) is 49.7 cm³/mol. The minimum Gasteiger partial charge on any atom is -0.361 e. The average molecular weight is 290 g/mol. The average Bonchev–Trinajstić information content (AvgIpc) is 2.38. The van der Waals surface area contributed by atoms with Crippen LogP contribution in [0.4, 0.5) is 0 Å². The zero-order valence-corrected chi connectivity index (χ0v) is 9.55. The first-order chi connectivity index (χ1) is 4.45. The van der Waals surface area contributed by atoms with Gasteiger partial charge in [0.15, 0.2) is 0 Å². The van der Waals surface area contributed by atoms with E-state index in [1.807, 2.05) is 13.8 Å². The van der Waals surface area contributed by atoms with Gasteiger partial charge in [0.2, 0.25) is 0 Å². The summed E-state index contributed by atoms with van der Waals surface area (Å²) in [5.74, 6) is 0. The first-order valence-electron chi connectivity index (χ1n) is 2.83. The molecule has 0 N–H and O–H groups in total. The maximum Gasteiger partial charge on any atom is 0.120 e. The van der Waals surface area contributed by atoms with Crippen molar-refractivity contribution in [3.63, 3.8) is 0 Å². The summed E-state index contributed by atoms with van der Waals surface area (Å²) < 4.78 is 6.78. The molecule has 1 rings (SSSR count). The van der Waals surface area contributed by atoms with Gasteiger partial charge in [-0.3, -0.25) is 0 Å². The van der Waals surface area contributed by atoms with Crippen molar-refractivity contribution in [2.24, 2.45) is 0 Å². The number of ether oxygens (including phenoxy) is 1. The van der Waals surface area contributed by atoms with Crippen molar-refractivity contribution < 1.29 is 4.74 Å². The Morgan fingerprint density at radius 1 is 1.50 bits per heavy atom. The lowest BCUT2D eigenvalue weighted by Gasteiger charge is -1.94. The van der Waals surface area contributed by atoms with Crippen molar-refractivity contribution >= 4 is 43.5 Å². The maximum atomic E-state index is 5.66. The van der Waals surface area contributed by atoms with Crippen LogP contribution in [0.3, 0.4) is 0 Å². The van der Waals surface area contributed by atoms with E-state index in [4.69, 9.17) is 16.3 Å². The van der Waals surface area contributed by atoms with Crippen molar-refractivity contribution in [2.45, 2.75) is 25.6 Å². The summed E-state index contributed by atoms with van der Waals surface area (Å²) in [6, 6.07) is 0. The van der Waals surface area contributed by atoms with Gasteiger partial charge < -0.3 is 4.74 Å². The minimum absolute atomic E-state index is 0.0489. The summed E-state index contributed by atoms with van der Waals surface area (Å²) >= 11 is 12.1. The van der Waals surface area contributed by atoms with E-state index in [1.165, 1.54) is 0 Å². The molecule has 0 radical (unpaired) electrons. The molecule has 1 aliphatic heterocycles. The van der Waals surface area contributed by atoms with E-state index in [9.17, 15) is 0 Å². The highest BCUT2D eigenvalue weighted by molar-refractivity contribution is 9.14. The molecule has 1 aliphatic rings. The molecule has 0 aromatic heterocycles. The Balaban J connectivity index is 2.65. The Morgan fingerprint density at radius 2 is 1.90 bits per heavy atom. The van der Waals surface area contributed by atoms with Gasteiger partial charge >= 0.3 is 0 Å². The molecule has 1 saturated heterocycles. The zero-order chi connectivity index (χ0) is 7.94. The Labute approximate surface area is 82.0 Å². The summed E-state index contributed by atoms with van der Waals surface area (Å²) in [4.78, 5) is 0. The van der Waals surface area contributed by atoms with Crippen LogP contribution in [0.15, 0.2) is 8.42 Å². The third-order valence-corrected chi connectivity index (χ3v) is 3.61. The first kappa shape index (κ1) is 9.04. The second-order valence-corrected chi connectivity index (χ2v) is 5.19. The molecule has 10 heavy (non-hydrogen) atoms. The summed E-state index contributed by atoms with van der Waals surface area (Å²) in [6.45, 7) is 4.04. The van der Waals surface area contributed by atoms with E-state index < -0.39 is 0 Å². The summed E-state index contributed by atoms with van der Waals surface area (Å²) in [7, 11) is 0. The Morgan fingerprint density at radius 3 is 2.00 bits per heavy atom. The van der Waals surface area contributed by atoms with Crippen LogP contribution in [-0.2, 0) is 4.74 Å². The highest BCUT2D eigenvalue weighted by Gasteiger charge is 2.50. The summed E-state index contributed by atoms with van der Waals surface area (Å²) in [5, 5.41) is 0. The van der Waals surface area contributed by atoms with Crippen LogP contribution in [-0.4, -0.2) is 11.7 Å². The normalized spacial score (nSPS) is 31.5. The lowest BCUT2D eigenvalue weighted by atomic mass is 10.1. The van der Waals surface area contributed by atoms with Crippen molar-refractivity contribution in [3.05, 3.63) is 8.42 Å². The van der Waals surface area contributed by atoms with E-state index in [1.54, 1.807) is 0 Å².